The second kappa shape index (κ2) is 9.46. The maximum Gasteiger partial charge on any atom is 0.258 e. The van der Waals surface area contributed by atoms with Crippen molar-refractivity contribution in [2.75, 3.05) is 11.6 Å². The minimum absolute atomic E-state index is 0.0302. The molecule has 0 spiro atoms. The Kier molecular flexibility index (Phi) is 6.50. The number of aromatic nitrogens is 4. The van der Waals surface area contributed by atoms with Crippen molar-refractivity contribution in [3.63, 3.8) is 0 Å². The van der Waals surface area contributed by atoms with Gasteiger partial charge in [-0.25, -0.2) is 9.07 Å². The van der Waals surface area contributed by atoms with Crippen molar-refractivity contribution in [2.24, 2.45) is 4.99 Å². The molecule has 11 heteroatoms. The van der Waals surface area contributed by atoms with Gasteiger partial charge in [-0.1, -0.05) is 53.7 Å². The number of carbonyl (C=O) groups excluding carboxylic acids is 1. The first kappa shape index (κ1) is 21.3. The number of halogens is 2. The summed E-state index contributed by atoms with van der Waals surface area (Å²) in [5.74, 6) is 5.63. The Morgan fingerprint density at radius 3 is 2.87 bits per heavy atom. The number of rotatable bonds is 6. The Bertz CT molecular complexity index is 1300. The second-order valence-corrected chi connectivity index (χ2v) is 8.61. The minimum atomic E-state index is -0.398. The lowest BCUT2D eigenvalue weighted by atomic mass is 10.2. The highest BCUT2D eigenvalue weighted by molar-refractivity contribution is 7.99. The van der Waals surface area contributed by atoms with E-state index < -0.39 is 5.82 Å². The average Bonchev–Trinajstić information content (AvgIpc) is 3.34. The molecule has 0 saturated carbocycles. The van der Waals surface area contributed by atoms with E-state index in [1.165, 1.54) is 28.1 Å². The molecule has 2 N–H and O–H groups in total. The molecule has 2 aromatic heterocycles. The van der Waals surface area contributed by atoms with Gasteiger partial charge in [0, 0.05) is 22.2 Å². The van der Waals surface area contributed by atoms with Crippen LogP contribution >= 0.6 is 34.7 Å². The summed E-state index contributed by atoms with van der Waals surface area (Å²) in [5, 5.41) is 10.8. The zero-order chi connectivity index (χ0) is 21.8. The Morgan fingerprint density at radius 1 is 1.23 bits per heavy atom. The van der Waals surface area contributed by atoms with Crippen LogP contribution in [0.5, 0.6) is 0 Å². The lowest BCUT2D eigenvalue weighted by Gasteiger charge is -2.05. The van der Waals surface area contributed by atoms with E-state index in [0.717, 1.165) is 17.3 Å². The van der Waals surface area contributed by atoms with Crippen LogP contribution in [0.1, 0.15) is 5.56 Å². The van der Waals surface area contributed by atoms with Crippen LogP contribution < -0.4 is 10.6 Å². The maximum atomic E-state index is 13.4. The highest BCUT2D eigenvalue weighted by atomic mass is 35.5. The molecule has 0 atom stereocenters. The van der Waals surface area contributed by atoms with E-state index in [4.69, 9.17) is 17.4 Å². The normalized spacial score (nSPS) is 11.7. The summed E-state index contributed by atoms with van der Waals surface area (Å²) in [7, 11) is 0. The zero-order valence-electron chi connectivity index (χ0n) is 16.0. The van der Waals surface area contributed by atoms with Crippen molar-refractivity contribution in [1.82, 2.24) is 19.4 Å². The van der Waals surface area contributed by atoms with Crippen molar-refractivity contribution in [3.8, 4) is 11.4 Å². The minimum Gasteiger partial charge on any atom is -0.335 e. The number of nitrogens with zero attached hydrogens (tertiary/aromatic N) is 5. The third-order valence-electron chi connectivity index (χ3n) is 4.25. The van der Waals surface area contributed by atoms with Gasteiger partial charge in [0.2, 0.25) is 5.16 Å². The first-order valence-electron chi connectivity index (χ1n) is 9.05. The monoisotopic (exact) mass is 474 g/mol. The van der Waals surface area contributed by atoms with Gasteiger partial charge in [0.05, 0.1) is 12.3 Å². The van der Waals surface area contributed by atoms with Gasteiger partial charge in [0.1, 0.15) is 5.82 Å². The average molecular weight is 475 g/mol. The number of nitrogens with two attached hydrogens (primary N) is 1. The zero-order valence-corrected chi connectivity index (χ0v) is 18.4. The number of thiazole rings is 1. The van der Waals surface area contributed by atoms with Crippen LogP contribution in [0.25, 0.3) is 11.4 Å². The Hall–Kier alpha value is -2.95. The van der Waals surface area contributed by atoms with Gasteiger partial charge in [-0.3, -0.25) is 4.79 Å². The third-order valence-corrected chi connectivity index (χ3v) is 6.34. The highest BCUT2D eigenvalue weighted by Crippen LogP contribution is 2.22. The number of nitrogen functional groups attached to an aromatic ring is 1. The number of amides is 1. The summed E-state index contributed by atoms with van der Waals surface area (Å²) in [4.78, 5) is 17.2. The first-order chi connectivity index (χ1) is 15.0. The van der Waals surface area contributed by atoms with Crippen molar-refractivity contribution in [2.45, 2.75) is 11.7 Å². The predicted molar refractivity (Wildman–Crippen MR) is 120 cm³/mol. The molecule has 1 amide bonds. The second-order valence-electron chi connectivity index (χ2n) is 6.39. The topological polar surface area (TPSA) is 91.1 Å². The molecule has 0 aliphatic carbocycles. The molecule has 2 heterocycles. The molecule has 31 heavy (non-hydrogen) atoms. The largest absolute Gasteiger partial charge is 0.335 e. The van der Waals surface area contributed by atoms with Crippen molar-refractivity contribution in [3.05, 3.63) is 81.3 Å². The Morgan fingerprint density at radius 2 is 2.06 bits per heavy atom. The van der Waals surface area contributed by atoms with Crippen LogP contribution in [0.3, 0.4) is 0 Å². The van der Waals surface area contributed by atoms with Gasteiger partial charge in [-0.2, -0.15) is 4.99 Å². The summed E-state index contributed by atoms with van der Waals surface area (Å²) in [6, 6.07) is 13.4. The molecule has 0 fully saturated rings. The molecule has 0 aliphatic rings. The first-order valence-corrected chi connectivity index (χ1v) is 11.3. The molecule has 0 saturated heterocycles. The Labute approximate surface area is 190 Å². The fourth-order valence-corrected chi connectivity index (χ4v) is 4.36. The lowest BCUT2D eigenvalue weighted by molar-refractivity contribution is -0.115. The standard InChI is InChI=1S/C20H16ClFN6OS2/c21-16-7-2-1-4-14(16)11-27-8-9-30-19(27)24-17(29)12-31-20-26-25-18(28(20)23)13-5-3-6-15(22)10-13/h1-10H,11-12,23H2. The van der Waals surface area contributed by atoms with E-state index in [9.17, 15) is 9.18 Å². The fraction of sp³-hybridized carbons (Fsp3) is 0.100. The molecule has 0 bridgehead atoms. The van der Waals surface area contributed by atoms with Crippen molar-refractivity contribution in [1.29, 1.82) is 0 Å². The van der Waals surface area contributed by atoms with Crippen LogP contribution in [0, 0.1) is 5.82 Å². The highest BCUT2D eigenvalue weighted by Gasteiger charge is 2.14. The number of benzene rings is 2. The summed E-state index contributed by atoms with van der Waals surface area (Å²) in [5.41, 5.74) is 1.43. The van der Waals surface area contributed by atoms with E-state index in [-0.39, 0.29) is 11.7 Å². The third kappa shape index (κ3) is 5.04. The molecule has 4 aromatic rings. The van der Waals surface area contributed by atoms with E-state index in [1.54, 1.807) is 12.1 Å². The van der Waals surface area contributed by atoms with Gasteiger partial charge >= 0.3 is 0 Å². The number of hydrogen-bond donors (Lipinski definition) is 1. The summed E-state index contributed by atoms with van der Waals surface area (Å²) in [6.07, 6.45) is 1.86. The lowest BCUT2D eigenvalue weighted by Crippen LogP contribution is -2.18. The smallest absolute Gasteiger partial charge is 0.258 e. The van der Waals surface area contributed by atoms with Crippen LogP contribution in [-0.4, -0.2) is 31.1 Å². The molecule has 0 unspecified atom stereocenters. The van der Waals surface area contributed by atoms with Crippen LogP contribution in [0.2, 0.25) is 5.02 Å². The number of carbonyl (C=O) groups is 1. The van der Waals surface area contributed by atoms with E-state index in [0.29, 0.717) is 32.9 Å². The Balaban J connectivity index is 1.46. The summed E-state index contributed by atoms with van der Waals surface area (Å²) < 4.78 is 16.5. The molecule has 7 nitrogen and oxygen atoms in total. The van der Waals surface area contributed by atoms with E-state index in [1.807, 2.05) is 40.4 Å². The van der Waals surface area contributed by atoms with Crippen molar-refractivity contribution < 1.29 is 9.18 Å². The number of hydrogen-bond acceptors (Lipinski definition) is 6. The summed E-state index contributed by atoms with van der Waals surface area (Å²) in [6.45, 7) is 0.510. The van der Waals surface area contributed by atoms with E-state index >= 15 is 0 Å². The summed E-state index contributed by atoms with van der Waals surface area (Å²) >= 11 is 8.70. The predicted octanol–water partition coefficient (Wildman–Crippen LogP) is 3.58. The molecule has 158 valence electrons. The molecular formula is C20H16ClFN6OS2. The van der Waals surface area contributed by atoms with Crippen molar-refractivity contribution >= 4 is 40.6 Å². The molecular weight excluding hydrogens is 459 g/mol. The van der Waals surface area contributed by atoms with Gasteiger partial charge < -0.3 is 10.4 Å². The number of thioether (sulfide) groups is 1. The van der Waals surface area contributed by atoms with Crippen LogP contribution in [0.15, 0.2) is 70.3 Å². The van der Waals surface area contributed by atoms with Crippen LogP contribution in [-0.2, 0) is 11.3 Å². The van der Waals surface area contributed by atoms with E-state index in [2.05, 4.69) is 15.2 Å². The van der Waals surface area contributed by atoms with Gasteiger partial charge in [-0.05, 0) is 23.8 Å². The molecule has 0 radical (unpaired) electrons. The molecule has 4 rings (SSSR count). The van der Waals surface area contributed by atoms with Gasteiger partial charge in [0.25, 0.3) is 5.91 Å². The quantitative estimate of drug-likeness (QED) is 0.340. The van der Waals surface area contributed by atoms with Gasteiger partial charge in [0.15, 0.2) is 10.6 Å². The SMILES string of the molecule is Nn1c(SCC(=O)N=c2sccn2Cc2ccccc2Cl)nnc1-c1cccc(F)c1. The maximum absolute atomic E-state index is 13.4. The van der Waals surface area contributed by atoms with Gasteiger partial charge in [-0.15, -0.1) is 21.5 Å². The molecule has 2 aromatic carbocycles. The van der Waals surface area contributed by atoms with Crippen LogP contribution in [0.4, 0.5) is 4.39 Å². The molecule has 0 aliphatic heterocycles. The fourth-order valence-electron chi connectivity index (χ4n) is 2.78.